The number of hydrogen-bond acceptors (Lipinski definition) is 3. The Balaban J connectivity index is 2.30. The summed E-state index contributed by atoms with van der Waals surface area (Å²) in [6.07, 6.45) is 5.25. The molecule has 1 N–H and O–H groups in total. The molecule has 0 spiro atoms. The fourth-order valence-electron chi connectivity index (χ4n) is 1.71. The summed E-state index contributed by atoms with van der Waals surface area (Å²) < 4.78 is 21.1. The molecule has 1 heterocycles. The van der Waals surface area contributed by atoms with Crippen molar-refractivity contribution < 1.29 is 19.0 Å². The van der Waals surface area contributed by atoms with Gasteiger partial charge < -0.3 is 9.84 Å². The SMILES string of the molecule is CC(C)n1cc(Oc2cccc(F)c2/C=C/C(=O)O)cn1. The number of carboxylic acids is 1. The van der Waals surface area contributed by atoms with E-state index in [-0.39, 0.29) is 17.4 Å². The first-order valence-electron chi connectivity index (χ1n) is 6.39. The highest BCUT2D eigenvalue weighted by molar-refractivity contribution is 5.86. The van der Waals surface area contributed by atoms with Gasteiger partial charge in [0.2, 0.25) is 0 Å². The number of aliphatic carboxylic acids is 1. The molecular formula is C15H15FN2O3. The lowest BCUT2D eigenvalue weighted by Crippen LogP contribution is -1.99. The first kappa shape index (κ1) is 14.8. The molecule has 0 saturated heterocycles. The maximum absolute atomic E-state index is 13.8. The molecule has 0 amide bonds. The van der Waals surface area contributed by atoms with Gasteiger partial charge in [-0.25, -0.2) is 9.18 Å². The predicted octanol–water partition coefficient (Wildman–Crippen LogP) is 3.49. The lowest BCUT2D eigenvalue weighted by atomic mass is 10.1. The van der Waals surface area contributed by atoms with Gasteiger partial charge in [-0.2, -0.15) is 5.10 Å². The molecule has 0 bridgehead atoms. The average molecular weight is 290 g/mol. The van der Waals surface area contributed by atoms with Gasteiger partial charge in [0, 0.05) is 12.1 Å². The molecule has 21 heavy (non-hydrogen) atoms. The Hall–Kier alpha value is -2.63. The summed E-state index contributed by atoms with van der Waals surface area (Å²) in [6, 6.07) is 4.49. The van der Waals surface area contributed by atoms with Gasteiger partial charge in [0.15, 0.2) is 5.75 Å². The average Bonchev–Trinajstić information content (AvgIpc) is 2.86. The molecule has 1 aromatic carbocycles. The molecule has 0 unspecified atom stereocenters. The van der Waals surface area contributed by atoms with E-state index >= 15 is 0 Å². The normalized spacial score (nSPS) is 11.2. The Morgan fingerprint density at radius 3 is 2.86 bits per heavy atom. The van der Waals surface area contributed by atoms with E-state index in [1.165, 1.54) is 24.4 Å². The van der Waals surface area contributed by atoms with Gasteiger partial charge >= 0.3 is 5.97 Å². The first-order chi connectivity index (χ1) is 9.97. The van der Waals surface area contributed by atoms with Crippen molar-refractivity contribution in [3.8, 4) is 11.5 Å². The third-order valence-electron chi connectivity index (χ3n) is 2.74. The van der Waals surface area contributed by atoms with E-state index in [1.54, 1.807) is 16.9 Å². The number of aromatic nitrogens is 2. The minimum atomic E-state index is -1.16. The predicted molar refractivity (Wildman–Crippen MR) is 75.8 cm³/mol. The number of nitrogens with zero attached hydrogens (tertiary/aromatic N) is 2. The van der Waals surface area contributed by atoms with Crippen molar-refractivity contribution in [2.24, 2.45) is 0 Å². The van der Waals surface area contributed by atoms with Crippen LogP contribution in [0.4, 0.5) is 4.39 Å². The summed E-state index contributed by atoms with van der Waals surface area (Å²) >= 11 is 0. The monoisotopic (exact) mass is 290 g/mol. The van der Waals surface area contributed by atoms with Crippen molar-refractivity contribution in [1.82, 2.24) is 9.78 Å². The van der Waals surface area contributed by atoms with Crippen molar-refractivity contribution >= 4 is 12.0 Å². The van der Waals surface area contributed by atoms with Crippen LogP contribution >= 0.6 is 0 Å². The summed E-state index contributed by atoms with van der Waals surface area (Å²) in [5.41, 5.74) is 0.0807. The second-order valence-electron chi connectivity index (χ2n) is 4.68. The number of rotatable bonds is 5. The lowest BCUT2D eigenvalue weighted by Gasteiger charge is -2.08. The lowest BCUT2D eigenvalue weighted by molar-refractivity contribution is -0.131. The van der Waals surface area contributed by atoms with Gasteiger partial charge in [-0.05, 0) is 32.1 Å². The molecule has 2 aromatic rings. The Labute approximate surface area is 121 Å². The molecule has 1 aromatic heterocycles. The fourth-order valence-corrected chi connectivity index (χ4v) is 1.71. The van der Waals surface area contributed by atoms with E-state index in [1.807, 2.05) is 13.8 Å². The van der Waals surface area contributed by atoms with Gasteiger partial charge in [-0.1, -0.05) is 6.07 Å². The van der Waals surface area contributed by atoms with E-state index in [0.29, 0.717) is 5.75 Å². The van der Waals surface area contributed by atoms with E-state index < -0.39 is 11.8 Å². The number of benzene rings is 1. The van der Waals surface area contributed by atoms with Crippen molar-refractivity contribution in [3.05, 3.63) is 48.0 Å². The quantitative estimate of drug-likeness (QED) is 0.856. The van der Waals surface area contributed by atoms with Crippen LogP contribution in [0.15, 0.2) is 36.7 Å². The molecule has 0 fully saturated rings. The van der Waals surface area contributed by atoms with Crippen molar-refractivity contribution in [1.29, 1.82) is 0 Å². The Morgan fingerprint density at radius 1 is 1.48 bits per heavy atom. The largest absolute Gasteiger partial charge is 0.478 e. The van der Waals surface area contributed by atoms with Crippen molar-refractivity contribution in [2.45, 2.75) is 19.9 Å². The molecule has 6 heteroatoms. The topological polar surface area (TPSA) is 64.3 Å². The smallest absolute Gasteiger partial charge is 0.328 e. The zero-order chi connectivity index (χ0) is 15.4. The second kappa shape index (κ2) is 6.21. The Kier molecular flexibility index (Phi) is 4.37. The molecular weight excluding hydrogens is 275 g/mol. The van der Waals surface area contributed by atoms with Crippen LogP contribution in [0.5, 0.6) is 11.5 Å². The van der Waals surface area contributed by atoms with Crippen LogP contribution in [0, 0.1) is 5.82 Å². The van der Waals surface area contributed by atoms with Crippen LogP contribution in [0.3, 0.4) is 0 Å². The summed E-state index contributed by atoms with van der Waals surface area (Å²) in [5, 5.41) is 12.8. The Morgan fingerprint density at radius 2 is 2.24 bits per heavy atom. The highest BCUT2D eigenvalue weighted by Gasteiger charge is 2.10. The van der Waals surface area contributed by atoms with Crippen LogP contribution in [0.1, 0.15) is 25.5 Å². The highest BCUT2D eigenvalue weighted by Crippen LogP contribution is 2.28. The summed E-state index contributed by atoms with van der Waals surface area (Å²) in [7, 11) is 0. The van der Waals surface area contributed by atoms with E-state index in [9.17, 15) is 9.18 Å². The van der Waals surface area contributed by atoms with Gasteiger partial charge in [0.1, 0.15) is 11.6 Å². The van der Waals surface area contributed by atoms with Gasteiger partial charge in [-0.3, -0.25) is 4.68 Å². The standard InChI is InChI=1S/C15H15FN2O3/c1-10(2)18-9-11(8-17-18)21-14-5-3-4-13(16)12(14)6-7-15(19)20/h3-10H,1-2H3,(H,19,20)/b7-6+. The van der Waals surface area contributed by atoms with E-state index in [0.717, 1.165) is 6.08 Å². The molecule has 2 rings (SSSR count). The molecule has 110 valence electrons. The van der Waals surface area contributed by atoms with Gasteiger partial charge in [0.05, 0.1) is 18.0 Å². The molecule has 0 atom stereocenters. The molecule has 5 nitrogen and oxygen atoms in total. The van der Waals surface area contributed by atoms with E-state index in [4.69, 9.17) is 9.84 Å². The fraction of sp³-hybridized carbons (Fsp3) is 0.200. The summed E-state index contributed by atoms with van der Waals surface area (Å²) in [4.78, 5) is 10.6. The van der Waals surface area contributed by atoms with Crippen LogP contribution in [-0.2, 0) is 4.79 Å². The zero-order valence-corrected chi connectivity index (χ0v) is 11.7. The Bertz CT molecular complexity index is 677. The number of carbonyl (C=O) groups is 1. The second-order valence-corrected chi connectivity index (χ2v) is 4.68. The van der Waals surface area contributed by atoms with Crippen LogP contribution < -0.4 is 4.74 Å². The maximum atomic E-state index is 13.8. The maximum Gasteiger partial charge on any atom is 0.328 e. The summed E-state index contributed by atoms with van der Waals surface area (Å²) in [5.74, 6) is -1.02. The van der Waals surface area contributed by atoms with Crippen molar-refractivity contribution in [2.75, 3.05) is 0 Å². The molecule has 0 aliphatic rings. The number of halogens is 1. The zero-order valence-electron chi connectivity index (χ0n) is 11.7. The minimum Gasteiger partial charge on any atom is -0.478 e. The van der Waals surface area contributed by atoms with Crippen molar-refractivity contribution in [3.63, 3.8) is 0 Å². The van der Waals surface area contributed by atoms with E-state index in [2.05, 4.69) is 5.10 Å². The van der Waals surface area contributed by atoms with Crippen LogP contribution in [0.25, 0.3) is 6.08 Å². The molecule has 0 radical (unpaired) electrons. The molecule has 0 aliphatic heterocycles. The summed E-state index contributed by atoms with van der Waals surface area (Å²) in [6.45, 7) is 3.94. The highest BCUT2D eigenvalue weighted by atomic mass is 19.1. The van der Waals surface area contributed by atoms with Gasteiger partial charge in [-0.15, -0.1) is 0 Å². The first-order valence-corrected chi connectivity index (χ1v) is 6.39. The molecule has 0 aliphatic carbocycles. The van der Waals surface area contributed by atoms with Gasteiger partial charge in [0.25, 0.3) is 0 Å². The third-order valence-corrected chi connectivity index (χ3v) is 2.74. The van der Waals surface area contributed by atoms with Crippen LogP contribution in [0.2, 0.25) is 0 Å². The number of carboxylic acid groups (broad SMARTS) is 1. The number of hydrogen-bond donors (Lipinski definition) is 1. The number of ether oxygens (including phenoxy) is 1. The molecule has 0 saturated carbocycles. The third kappa shape index (κ3) is 3.68. The minimum absolute atomic E-state index is 0.0807. The van der Waals surface area contributed by atoms with Crippen LogP contribution in [-0.4, -0.2) is 20.9 Å².